The summed E-state index contributed by atoms with van der Waals surface area (Å²) in [7, 11) is -16.6. The Morgan fingerprint density at radius 3 is 1.74 bits per heavy atom. The van der Waals surface area contributed by atoms with Gasteiger partial charge in [-0.3, -0.25) is 13.7 Å². The molecule has 23 heteroatoms. The summed E-state index contributed by atoms with van der Waals surface area (Å²) >= 11 is 0. The molecule has 0 aromatic carbocycles. The molecule has 0 unspecified atom stereocenters. The van der Waals surface area contributed by atoms with Gasteiger partial charge in [0.2, 0.25) is 5.79 Å². The van der Waals surface area contributed by atoms with Crippen LogP contribution in [0.5, 0.6) is 0 Å². The predicted octanol–water partition coefficient (Wildman–Crippen LogP) is -5.91. The lowest BCUT2D eigenvalue weighted by atomic mass is 9.99. The van der Waals surface area contributed by atoms with Crippen LogP contribution in [0.25, 0.3) is 0 Å². The van der Waals surface area contributed by atoms with Crippen molar-refractivity contribution < 1.29 is 91.2 Å². The van der Waals surface area contributed by atoms with Crippen LogP contribution < -0.4 is 0 Å². The van der Waals surface area contributed by atoms with Gasteiger partial charge in [0, 0.05) is 0 Å². The van der Waals surface area contributed by atoms with Crippen molar-refractivity contribution in [1.82, 2.24) is 0 Å². The summed E-state index contributed by atoms with van der Waals surface area (Å²) in [5.74, 6) is -3.21. The Balaban J connectivity index is 2.61. The highest BCUT2D eigenvalue weighted by atomic mass is 32.3. The van der Waals surface area contributed by atoms with Gasteiger partial charge in [-0.05, 0) is 0 Å². The van der Waals surface area contributed by atoms with E-state index in [1.165, 1.54) is 0 Å². The Morgan fingerprint density at radius 1 is 0.743 bits per heavy atom. The molecule has 0 saturated carbocycles. The molecule has 35 heavy (non-hydrogen) atoms. The van der Waals surface area contributed by atoms with Gasteiger partial charge in [0.15, 0.2) is 12.4 Å². The Hall–Kier alpha value is -0.710. The van der Waals surface area contributed by atoms with E-state index >= 15 is 0 Å². The molecule has 0 aliphatic carbocycles. The van der Waals surface area contributed by atoms with E-state index in [0.29, 0.717) is 0 Å². The average molecular weight is 582 g/mol. The van der Waals surface area contributed by atoms with E-state index in [2.05, 4.69) is 12.5 Å². The first-order valence-corrected chi connectivity index (χ1v) is 13.1. The van der Waals surface area contributed by atoms with Crippen LogP contribution in [0, 0.1) is 0 Å². The molecule has 2 heterocycles. The number of hydrogen-bond donors (Lipinski definition) is 8. The van der Waals surface area contributed by atoms with E-state index in [1.807, 2.05) is 0 Å². The summed E-state index contributed by atoms with van der Waals surface area (Å²) in [4.78, 5) is 0. The minimum atomic E-state index is -5.64. The van der Waals surface area contributed by atoms with Gasteiger partial charge in [-0.1, -0.05) is 0 Å². The van der Waals surface area contributed by atoms with Crippen molar-refractivity contribution in [2.45, 2.75) is 54.8 Å². The molecule has 0 aromatic rings. The fourth-order valence-corrected chi connectivity index (χ4v) is 4.59. The van der Waals surface area contributed by atoms with Crippen LogP contribution in [-0.4, -0.2) is 139 Å². The SMILES string of the molecule is O=S(=O)(O)OC[C@@]1(O[C@H]2O[C@H](CO)[C@@H](O)[C@H](O)[C@H]2O)O[C@H](CO)[C@@H](OS(=O)(=O)O)[C@@H]1OS(=O)(=O)O. The van der Waals surface area contributed by atoms with Crippen LogP contribution in [0.4, 0.5) is 0 Å². The molecular formula is C12H22O20S3. The van der Waals surface area contributed by atoms with Gasteiger partial charge < -0.3 is 39.7 Å². The first kappa shape index (κ1) is 30.5. The molecule has 208 valence electrons. The lowest BCUT2D eigenvalue weighted by Crippen LogP contribution is -2.63. The number of hydrogen-bond acceptors (Lipinski definition) is 17. The summed E-state index contributed by atoms with van der Waals surface area (Å²) < 4.78 is 123. The van der Waals surface area contributed by atoms with E-state index < -0.39 is 106 Å². The first-order chi connectivity index (χ1) is 15.8. The molecule has 0 aromatic heterocycles. The second-order valence-electron chi connectivity index (χ2n) is 7.09. The van der Waals surface area contributed by atoms with Gasteiger partial charge >= 0.3 is 31.2 Å². The van der Waals surface area contributed by atoms with E-state index in [4.69, 9.17) is 27.9 Å². The molecule has 8 N–H and O–H groups in total. The summed E-state index contributed by atoms with van der Waals surface area (Å²) in [6, 6.07) is 0. The summed E-state index contributed by atoms with van der Waals surface area (Å²) in [6.45, 7) is -3.97. The minimum absolute atomic E-state index is 1.00. The predicted molar refractivity (Wildman–Crippen MR) is 99.9 cm³/mol. The lowest BCUT2D eigenvalue weighted by molar-refractivity contribution is -0.380. The monoisotopic (exact) mass is 582 g/mol. The highest BCUT2D eigenvalue weighted by Crippen LogP contribution is 2.41. The maximum Gasteiger partial charge on any atom is 0.397 e. The summed E-state index contributed by atoms with van der Waals surface area (Å²) in [5, 5.41) is 48.8. The van der Waals surface area contributed by atoms with E-state index in [9.17, 15) is 50.8 Å². The molecule has 2 aliphatic rings. The highest BCUT2D eigenvalue weighted by Gasteiger charge is 2.63. The van der Waals surface area contributed by atoms with Crippen LogP contribution in [0.15, 0.2) is 0 Å². The number of ether oxygens (including phenoxy) is 3. The Labute approximate surface area is 197 Å². The molecule has 0 spiro atoms. The van der Waals surface area contributed by atoms with Crippen molar-refractivity contribution in [3.05, 3.63) is 0 Å². The average Bonchev–Trinajstić information content (AvgIpc) is 2.96. The number of rotatable bonds is 11. The molecule has 0 radical (unpaired) electrons. The normalized spacial score (nSPS) is 39.1. The molecule has 2 aliphatic heterocycles. The Kier molecular flexibility index (Phi) is 9.55. The molecule has 2 rings (SSSR count). The van der Waals surface area contributed by atoms with Crippen LogP contribution in [-0.2, 0) is 58.0 Å². The van der Waals surface area contributed by atoms with Crippen molar-refractivity contribution in [3.8, 4) is 0 Å². The second-order valence-corrected chi connectivity index (χ2v) is 10.3. The lowest BCUT2D eigenvalue weighted by Gasteiger charge is -2.43. The van der Waals surface area contributed by atoms with Crippen molar-refractivity contribution in [1.29, 1.82) is 0 Å². The smallest absolute Gasteiger partial charge is 0.394 e. The fourth-order valence-electron chi connectivity index (χ4n) is 3.25. The molecule has 20 nitrogen and oxygen atoms in total. The molecule has 2 fully saturated rings. The third-order valence-corrected chi connectivity index (χ3v) is 5.99. The molecule has 2 saturated heterocycles. The van der Waals surface area contributed by atoms with Gasteiger partial charge in [0.1, 0.15) is 43.2 Å². The summed E-state index contributed by atoms with van der Waals surface area (Å²) in [6.07, 6.45) is -17.5. The van der Waals surface area contributed by atoms with Gasteiger partial charge in [-0.25, -0.2) is 12.5 Å². The van der Waals surface area contributed by atoms with Gasteiger partial charge in [-0.2, -0.15) is 25.3 Å². The standard InChI is InChI=1S/C12H22O20S3/c13-1-4-6(15)7(16)8(17)11(28-4)30-12(3-27-33(18,19)20)10(32-35(24,25)26)9(5(2-14)29-12)31-34(21,22)23/h4-11,13-17H,1-3H2,(H,18,19,20)(H,21,22,23)(H,24,25,26)/t4-,5-,6-,7+,8-,9-,10+,11-,12+/m1/s1. The zero-order valence-corrected chi connectivity index (χ0v) is 19.4. The third-order valence-electron chi connectivity index (χ3n) is 4.66. The van der Waals surface area contributed by atoms with E-state index in [1.54, 1.807) is 0 Å². The molecule has 0 amide bonds. The Bertz CT molecular complexity index is 1040. The third kappa shape index (κ3) is 7.89. The quantitative estimate of drug-likeness (QED) is 0.105. The minimum Gasteiger partial charge on any atom is -0.394 e. The van der Waals surface area contributed by atoms with E-state index in [-0.39, 0.29) is 0 Å². The molecular weight excluding hydrogens is 560 g/mol. The van der Waals surface area contributed by atoms with E-state index in [0.717, 1.165) is 0 Å². The zero-order chi connectivity index (χ0) is 27.0. The van der Waals surface area contributed by atoms with Gasteiger partial charge in [0.05, 0.1) is 13.2 Å². The van der Waals surface area contributed by atoms with Crippen molar-refractivity contribution in [3.63, 3.8) is 0 Å². The molecule has 9 atom stereocenters. The van der Waals surface area contributed by atoms with Gasteiger partial charge in [0.25, 0.3) is 0 Å². The molecule has 0 bridgehead atoms. The summed E-state index contributed by atoms with van der Waals surface area (Å²) in [5.41, 5.74) is 0. The highest BCUT2D eigenvalue weighted by molar-refractivity contribution is 7.81. The second kappa shape index (κ2) is 11.0. The first-order valence-electron chi connectivity index (χ1n) is 9.02. The van der Waals surface area contributed by atoms with Crippen LogP contribution >= 0.6 is 0 Å². The van der Waals surface area contributed by atoms with Crippen molar-refractivity contribution in [2.75, 3.05) is 19.8 Å². The van der Waals surface area contributed by atoms with Crippen LogP contribution in [0.2, 0.25) is 0 Å². The number of aliphatic hydroxyl groups is 5. The van der Waals surface area contributed by atoms with Gasteiger partial charge in [-0.15, -0.1) is 0 Å². The maximum absolute atomic E-state index is 11.4. The maximum atomic E-state index is 11.4. The van der Waals surface area contributed by atoms with Crippen LogP contribution in [0.1, 0.15) is 0 Å². The van der Waals surface area contributed by atoms with Crippen molar-refractivity contribution in [2.24, 2.45) is 0 Å². The Morgan fingerprint density at radius 2 is 1.29 bits per heavy atom. The fraction of sp³-hybridized carbons (Fsp3) is 1.00. The van der Waals surface area contributed by atoms with Crippen molar-refractivity contribution >= 4 is 31.2 Å². The topological polar surface area (TPSA) is 320 Å². The number of aliphatic hydroxyl groups excluding tert-OH is 5. The largest absolute Gasteiger partial charge is 0.397 e. The van der Waals surface area contributed by atoms with Crippen LogP contribution in [0.3, 0.4) is 0 Å². The zero-order valence-electron chi connectivity index (χ0n) is 16.9.